The maximum atomic E-state index is 12.6. The van der Waals surface area contributed by atoms with Gasteiger partial charge in [-0.05, 0) is 37.1 Å². The van der Waals surface area contributed by atoms with E-state index in [0.29, 0.717) is 31.5 Å². The molecule has 1 N–H and O–H groups in total. The third-order valence-corrected chi connectivity index (χ3v) is 4.90. The van der Waals surface area contributed by atoms with E-state index in [1.165, 1.54) is 0 Å². The van der Waals surface area contributed by atoms with E-state index < -0.39 is 5.41 Å². The molecule has 0 saturated carbocycles. The molecule has 1 spiro atoms. The molecule has 1 fully saturated rings. The minimum absolute atomic E-state index is 0.0544. The number of rotatable bonds is 2. The molecule has 2 aliphatic heterocycles. The molecule has 2 amide bonds. The topological polar surface area (TPSA) is 87.5 Å². The molecule has 2 aromatic rings. The lowest BCUT2D eigenvalue weighted by molar-refractivity contribution is -0.127. The minimum atomic E-state index is -0.686. The van der Waals surface area contributed by atoms with Crippen molar-refractivity contribution in [2.75, 3.05) is 13.1 Å². The second-order valence-electron chi connectivity index (χ2n) is 6.26. The fraction of sp³-hybridized carbons (Fsp3) is 0.278. The van der Waals surface area contributed by atoms with Crippen LogP contribution in [0.1, 0.15) is 28.8 Å². The molecule has 4 heterocycles. The average molecular weight is 335 g/mol. The van der Waals surface area contributed by atoms with E-state index in [1.807, 2.05) is 12.1 Å². The van der Waals surface area contributed by atoms with Gasteiger partial charge in [0, 0.05) is 43.4 Å². The van der Waals surface area contributed by atoms with Gasteiger partial charge in [0.1, 0.15) is 0 Å². The number of pyridine rings is 2. The van der Waals surface area contributed by atoms with Gasteiger partial charge in [-0.3, -0.25) is 19.6 Å². The van der Waals surface area contributed by atoms with Crippen LogP contribution in [0.2, 0.25) is 0 Å². The molecule has 1 saturated heterocycles. The number of aromatic nitrogens is 2. The van der Waals surface area contributed by atoms with Gasteiger partial charge in [0.25, 0.3) is 11.8 Å². The summed E-state index contributed by atoms with van der Waals surface area (Å²) in [5.41, 5.74) is 4.05. The predicted molar refractivity (Wildman–Crippen MR) is 90.7 cm³/mol. The molecular formula is C18H17N5O2. The number of likely N-dealkylation sites (tertiary alicyclic amines) is 1. The highest BCUT2D eigenvalue weighted by Gasteiger charge is 2.50. The Hall–Kier alpha value is -3.09. The monoisotopic (exact) mass is 335 g/mol. The summed E-state index contributed by atoms with van der Waals surface area (Å²) in [6.45, 7) is 1.00. The van der Waals surface area contributed by atoms with E-state index in [9.17, 15) is 9.59 Å². The number of amides is 2. The van der Waals surface area contributed by atoms with E-state index in [-0.39, 0.29) is 11.8 Å². The van der Waals surface area contributed by atoms with Crippen LogP contribution in [-0.4, -0.2) is 45.5 Å². The van der Waals surface area contributed by atoms with Gasteiger partial charge in [0.2, 0.25) is 0 Å². The second-order valence-corrected chi connectivity index (χ2v) is 6.26. The highest BCUT2D eigenvalue weighted by atomic mass is 16.2. The van der Waals surface area contributed by atoms with Crippen LogP contribution in [0.5, 0.6) is 0 Å². The van der Waals surface area contributed by atoms with Gasteiger partial charge in [-0.25, -0.2) is 5.43 Å². The maximum absolute atomic E-state index is 12.6. The van der Waals surface area contributed by atoms with E-state index >= 15 is 0 Å². The predicted octanol–water partition coefficient (Wildman–Crippen LogP) is 1.23. The van der Waals surface area contributed by atoms with Gasteiger partial charge in [0.05, 0.1) is 16.7 Å². The number of carbonyl (C=O) groups is 2. The van der Waals surface area contributed by atoms with Crippen molar-refractivity contribution in [1.29, 1.82) is 0 Å². The van der Waals surface area contributed by atoms with Crippen molar-refractivity contribution in [1.82, 2.24) is 20.3 Å². The fourth-order valence-corrected chi connectivity index (χ4v) is 3.50. The molecule has 126 valence electrons. The van der Waals surface area contributed by atoms with E-state index in [1.54, 1.807) is 41.8 Å². The van der Waals surface area contributed by atoms with Crippen LogP contribution < -0.4 is 5.43 Å². The van der Waals surface area contributed by atoms with E-state index in [2.05, 4.69) is 20.5 Å². The Morgan fingerprint density at radius 2 is 1.80 bits per heavy atom. The lowest BCUT2D eigenvalue weighted by Gasteiger charge is -2.38. The zero-order valence-electron chi connectivity index (χ0n) is 13.6. The first kappa shape index (κ1) is 15.4. The molecule has 7 nitrogen and oxygen atoms in total. The van der Waals surface area contributed by atoms with E-state index in [4.69, 9.17) is 0 Å². The van der Waals surface area contributed by atoms with Gasteiger partial charge in [-0.15, -0.1) is 0 Å². The molecule has 4 rings (SSSR count). The molecule has 0 aromatic carbocycles. The first-order valence-corrected chi connectivity index (χ1v) is 8.19. The third kappa shape index (κ3) is 2.57. The molecule has 25 heavy (non-hydrogen) atoms. The smallest absolute Gasteiger partial charge is 0.255 e. The zero-order valence-corrected chi connectivity index (χ0v) is 13.6. The molecule has 2 aromatic heterocycles. The molecule has 0 bridgehead atoms. The quantitative estimate of drug-likeness (QED) is 0.894. The normalized spacial score (nSPS) is 18.8. The fourth-order valence-electron chi connectivity index (χ4n) is 3.50. The van der Waals surface area contributed by atoms with Crippen molar-refractivity contribution < 1.29 is 9.59 Å². The molecule has 2 aliphatic rings. The summed E-state index contributed by atoms with van der Waals surface area (Å²) in [6, 6.07) is 7.23. The van der Waals surface area contributed by atoms with Gasteiger partial charge >= 0.3 is 0 Å². The van der Waals surface area contributed by atoms with Crippen molar-refractivity contribution in [3.05, 3.63) is 60.2 Å². The summed E-state index contributed by atoms with van der Waals surface area (Å²) in [6.07, 6.45) is 7.69. The molecule has 0 unspecified atom stereocenters. The summed E-state index contributed by atoms with van der Waals surface area (Å²) >= 11 is 0. The third-order valence-electron chi connectivity index (χ3n) is 4.90. The molecular weight excluding hydrogens is 318 g/mol. The van der Waals surface area contributed by atoms with Crippen LogP contribution in [0.25, 0.3) is 0 Å². The van der Waals surface area contributed by atoms with Crippen LogP contribution in [-0.2, 0) is 4.79 Å². The standard InChI is InChI=1S/C18H17N5O2/c24-16(14-4-2-8-20-12-14)23-9-5-18(6-10-23)15(21-22-17(18)25)13-3-1-7-19-11-13/h1-4,7-8,11-12H,5-6,9-10H2,(H,22,25). The Balaban J connectivity index is 1.55. The summed E-state index contributed by atoms with van der Waals surface area (Å²) in [7, 11) is 0. The number of nitrogens with zero attached hydrogens (tertiary/aromatic N) is 4. The Kier molecular flexibility index (Phi) is 3.76. The van der Waals surface area contributed by atoms with E-state index in [0.717, 1.165) is 11.3 Å². The maximum Gasteiger partial charge on any atom is 0.255 e. The largest absolute Gasteiger partial charge is 0.339 e. The Morgan fingerprint density at radius 1 is 1.08 bits per heavy atom. The SMILES string of the molecule is O=C(c1cccnc1)N1CCC2(CC1)C(=O)NN=C2c1cccnc1. The van der Waals surface area contributed by atoms with Crippen molar-refractivity contribution in [2.45, 2.75) is 12.8 Å². The van der Waals surface area contributed by atoms with Crippen LogP contribution in [0.15, 0.2) is 54.2 Å². The van der Waals surface area contributed by atoms with Crippen LogP contribution in [0.3, 0.4) is 0 Å². The highest BCUT2D eigenvalue weighted by Crippen LogP contribution is 2.38. The Bertz CT molecular complexity index is 827. The van der Waals surface area contributed by atoms with Crippen LogP contribution >= 0.6 is 0 Å². The van der Waals surface area contributed by atoms with Gasteiger partial charge in [-0.2, -0.15) is 5.10 Å². The highest BCUT2D eigenvalue weighted by molar-refractivity contribution is 6.19. The first-order valence-electron chi connectivity index (χ1n) is 8.19. The minimum Gasteiger partial charge on any atom is -0.339 e. The lowest BCUT2D eigenvalue weighted by Crippen LogP contribution is -2.50. The second kappa shape index (κ2) is 6.08. The van der Waals surface area contributed by atoms with Crippen molar-refractivity contribution in [3.8, 4) is 0 Å². The van der Waals surface area contributed by atoms with Crippen molar-refractivity contribution in [2.24, 2.45) is 10.5 Å². The Labute approximate surface area is 144 Å². The molecule has 0 radical (unpaired) electrons. The first-order chi connectivity index (χ1) is 12.2. The number of nitrogens with one attached hydrogen (secondary N) is 1. The average Bonchev–Trinajstić information content (AvgIpc) is 2.99. The number of carbonyl (C=O) groups excluding carboxylic acids is 2. The number of piperidine rings is 1. The van der Waals surface area contributed by atoms with Crippen molar-refractivity contribution >= 4 is 17.5 Å². The van der Waals surface area contributed by atoms with Gasteiger partial charge in [-0.1, -0.05) is 0 Å². The van der Waals surface area contributed by atoms with Gasteiger partial charge in [0.15, 0.2) is 0 Å². The number of hydrazone groups is 1. The van der Waals surface area contributed by atoms with Crippen molar-refractivity contribution in [3.63, 3.8) is 0 Å². The lowest BCUT2D eigenvalue weighted by atomic mass is 9.72. The van der Waals surface area contributed by atoms with Crippen LogP contribution in [0.4, 0.5) is 0 Å². The summed E-state index contributed by atoms with van der Waals surface area (Å²) in [5, 5.41) is 4.26. The molecule has 0 atom stereocenters. The molecule has 7 heteroatoms. The number of hydrogen-bond donors (Lipinski definition) is 1. The summed E-state index contributed by atoms with van der Waals surface area (Å²) in [4.78, 5) is 35.0. The summed E-state index contributed by atoms with van der Waals surface area (Å²) < 4.78 is 0. The zero-order chi connectivity index (χ0) is 17.3. The number of hydrogen-bond acceptors (Lipinski definition) is 5. The van der Waals surface area contributed by atoms with Gasteiger partial charge < -0.3 is 4.90 Å². The summed E-state index contributed by atoms with van der Waals surface area (Å²) in [5.74, 6) is -0.152. The van der Waals surface area contributed by atoms with Crippen LogP contribution in [0, 0.1) is 5.41 Å². The molecule has 0 aliphatic carbocycles. The Morgan fingerprint density at radius 3 is 2.44 bits per heavy atom.